The van der Waals surface area contributed by atoms with Crippen LogP contribution < -0.4 is 5.56 Å². The van der Waals surface area contributed by atoms with E-state index in [1.54, 1.807) is 48.2 Å². The summed E-state index contributed by atoms with van der Waals surface area (Å²) in [7, 11) is 0. The average Bonchev–Trinajstić information content (AvgIpc) is 2.85. The molecule has 0 amide bonds. The fourth-order valence-corrected chi connectivity index (χ4v) is 4.34. The number of rotatable bonds is 3. The van der Waals surface area contributed by atoms with Crippen LogP contribution in [0.25, 0.3) is 16.9 Å². The summed E-state index contributed by atoms with van der Waals surface area (Å²) in [5.74, 6) is 0.632. The molecule has 4 rings (SSSR count). The van der Waals surface area contributed by atoms with Crippen molar-refractivity contribution in [2.45, 2.75) is 11.3 Å². The summed E-state index contributed by atoms with van der Waals surface area (Å²) in [6, 6.07) is 14.1. The number of fused-ring (bicyclic) bond motifs is 3. The van der Waals surface area contributed by atoms with Crippen molar-refractivity contribution >= 4 is 40.7 Å². The first kappa shape index (κ1) is 18.3. The van der Waals surface area contributed by atoms with Crippen LogP contribution in [-0.4, -0.2) is 27.2 Å². The van der Waals surface area contributed by atoms with Gasteiger partial charge in [0, 0.05) is 32.9 Å². The number of carbonyl (C=O) groups is 1. The molecule has 0 atom stereocenters. The van der Waals surface area contributed by atoms with Crippen LogP contribution in [-0.2, 0) is 6.42 Å². The van der Waals surface area contributed by atoms with Gasteiger partial charge in [-0.05, 0) is 48.4 Å². The molecule has 1 aromatic heterocycles. The normalized spacial score (nSPS) is 12.8. The number of Topliss-reactive ketones (excluding diaryl/α,β-unsaturated/α-hetero) is 1. The van der Waals surface area contributed by atoms with E-state index in [9.17, 15) is 9.59 Å². The van der Waals surface area contributed by atoms with Gasteiger partial charge in [0.25, 0.3) is 5.56 Å². The second kappa shape index (κ2) is 7.50. The van der Waals surface area contributed by atoms with E-state index in [1.807, 2.05) is 12.1 Å². The van der Waals surface area contributed by atoms with Gasteiger partial charge in [0.05, 0.1) is 17.3 Å². The highest BCUT2D eigenvalue weighted by atomic mass is 35.5. The van der Waals surface area contributed by atoms with Crippen LogP contribution in [0.15, 0.2) is 58.2 Å². The van der Waals surface area contributed by atoms with Crippen molar-refractivity contribution in [2.75, 3.05) is 11.6 Å². The summed E-state index contributed by atoms with van der Waals surface area (Å²) in [5.41, 5.74) is 3.44. The Morgan fingerprint density at radius 1 is 1.15 bits per heavy atom. The number of hydrogen-bond donors (Lipinski definition) is 0. The molecule has 0 N–H and O–H groups in total. The quantitative estimate of drug-likeness (QED) is 0.461. The second-order valence-corrected chi connectivity index (χ2v) is 7.95. The van der Waals surface area contributed by atoms with E-state index in [-0.39, 0.29) is 17.2 Å². The van der Waals surface area contributed by atoms with Crippen LogP contribution in [0.2, 0.25) is 5.02 Å². The molecule has 0 spiro atoms. The first-order chi connectivity index (χ1) is 13.1. The minimum absolute atomic E-state index is 0.0729. The Bertz CT molecular complexity index is 1090. The first-order valence-corrected chi connectivity index (χ1v) is 10.2. The number of thioether (sulfide) groups is 1. The summed E-state index contributed by atoms with van der Waals surface area (Å²) < 4.78 is 1.37. The molecule has 136 valence electrons. The number of nitrogens with zero attached hydrogens (tertiary/aromatic N) is 2. The number of carbonyl (C=O) groups excluding carboxylic acids is 1. The lowest BCUT2D eigenvalue weighted by Gasteiger charge is -2.12. The van der Waals surface area contributed by atoms with E-state index in [1.165, 1.54) is 4.68 Å². The van der Waals surface area contributed by atoms with E-state index in [0.29, 0.717) is 22.0 Å². The number of halogens is 2. The summed E-state index contributed by atoms with van der Waals surface area (Å²) in [6.45, 7) is 0. The fraction of sp³-hybridized carbons (Fsp3) is 0.150. The van der Waals surface area contributed by atoms with Gasteiger partial charge in [0.2, 0.25) is 0 Å². The van der Waals surface area contributed by atoms with Crippen molar-refractivity contribution < 1.29 is 4.79 Å². The molecule has 1 aliphatic rings. The van der Waals surface area contributed by atoms with E-state index in [4.69, 9.17) is 23.2 Å². The van der Waals surface area contributed by atoms with Crippen LogP contribution >= 0.6 is 35.0 Å². The predicted molar refractivity (Wildman–Crippen MR) is 110 cm³/mol. The molecule has 3 aromatic rings. The van der Waals surface area contributed by atoms with Gasteiger partial charge in [0.1, 0.15) is 0 Å². The Labute approximate surface area is 170 Å². The Balaban J connectivity index is 1.93. The molecule has 0 bridgehead atoms. The van der Waals surface area contributed by atoms with Gasteiger partial charge < -0.3 is 0 Å². The molecule has 7 heteroatoms. The molecule has 0 radical (unpaired) electrons. The van der Waals surface area contributed by atoms with Gasteiger partial charge in [0.15, 0.2) is 5.78 Å². The number of aryl methyl sites for hydroxylation is 1. The first-order valence-electron chi connectivity index (χ1n) is 8.32. The molecule has 4 nitrogen and oxygen atoms in total. The maximum absolute atomic E-state index is 12.6. The van der Waals surface area contributed by atoms with E-state index < -0.39 is 0 Å². The molecule has 2 heterocycles. The fourth-order valence-electron chi connectivity index (χ4n) is 3.04. The highest BCUT2D eigenvalue weighted by Crippen LogP contribution is 2.36. The van der Waals surface area contributed by atoms with E-state index >= 15 is 0 Å². The molecule has 0 saturated heterocycles. The van der Waals surface area contributed by atoms with Crippen LogP contribution in [0.1, 0.15) is 15.9 Å². The zero-order valence-corrected chi connectivity index (χ0v) is 16.4. The predicted octanol–water partition coefficient (Wildman–Crippen LogP) is 4.62. The summed E-state index contributed by atoms with van der Waals surface area (Å²) in [5, 5.41) is 5.23. The largest absolute Gasteiger partial charge is 0.293 e. The topological polar surface area (TPSA) is 52.0 Å². The van der Waals surface area contributed by atoms with Crippen LogP contribution in [0, 0.1) is 0 Å². The van der Waals surface area contributed by atoms with Crippen molar-refractivity contribution in [1.82, 2.24) is 9.78 Å². The lowest BCUT2D eigenvalue weighted by molar-refractivity contribution is 0.102. The van der Waals surface area contributed by atoms with E-state index in [0.717, 1.165) is 28.2 Å². The minimum Gasteiger partial charge on any atom is -0.293 e. The van der Waals surface area contributed by atoms with E-state index in [2.05, 4.69) is 5.10 Å². The summed E-state index contributed by atoms with van der Waals surface area (Å²) in [4.78, 5) is 25.7. The standard InChI is InChI=1S/C20H14Cl2N2O2S/c21-11-17(25)12-1-6-18-16(9-12)20-13(7-8-27-18)10-19(26)24(23-20)15-4-2-14(22)3-5-15/h1-6,9-10H,7-8,11H2. The number of alkyl halides is 1. The maximum atomic E-state index is 12.6. The van der Waals surface area contributed by atoms with Gasteiger partial charge in [-0.25, -0.2) is 0 Å². The average molecular weight is 417 g/mol. The Hall–Kier alpha value is -2.08. The third kappa shape index (κ3) is 3.55. The zero-order valence-electron chi connectivity index (χ0n) is 14.1. The van der Waals surface area contributed by atoms with Crippen LogP contribution in [0.5, 0.6) is 0 Å². The number of benzene rings is 2. The van der Waals surface area contributed by atoms with Gasteiger partial charge in [-0.15, -0.1) is 23.4 Å². The van der Waals surface area contributed by atoms with Gasteiger partial charge >= 0.3 is 0 Å². The molecule has 0 fully saturated rings. The highest BCUT2D eigenvalue weighted by molar-refractivity contribution is 7.99. The summed E-state index contributed by atoms with van der Waals surface area (Å²) in [6.07, 6.45) is 0.733. The SMILES string of the molecule is O=C(CCl)c1ccc2c(c1)-c1nn(-c3ccc(Cl)cc3)c(=O)cc1CCS2. The molecule has 0 saturated carbocycles. The molecular formula is C20H14Cl2N2O2S. The minimum atomic E-state index is -0.197. The smallest absolute Gasteiger partial charge is 0.271 e. The molecule has 2 aromatic carbocycles. The number of hydrogen-bond acceptors (Lipinski definition) is 4. The highest BCUT2D eigenvalue weighted by Gasteiger charge is 2.20. The van der Waals surface area contributed by atoms with Gasteiger partial charge in [-0.3, -0.25) is 9.59 Å². The Kier molecular flexibility index (Phi) is 5.08. The Morgan fingerprint density at radius 2 is 1.93 bits per heavy atom. The van der Waals surface area contributed by atoms with Crippen molar-refractivity contribution in [3.8, 4) is 16.9 Å². The number of ketones is 1. The second-order valence-electron chi connectivity index (χ2n) is 6.11. The third-order valence-corrected chi connectivity index (χ3v) is 5.96. The van der Waals surface area contributed by atoms with Crippen molar-refractivity contribution in [1.29, 1.82) is 0 Å². The molecule has 1 aliphatic heterocycles. The molecule has 27 heavy (non-hydrogen) atoms. The monoisotopic (exact) mass is 416 g/mol. The zero-order chi connectivity index (χ0) is 19.0. The third-order valence-electron chi connectivity index (χ3n) is 4.39. The van der Waals surface area contributed by atoms with Gasteiger partial charge in [-0.1, -0.05) is 17.7 Å². The molecule has 0 unspecified atom stereocenters. The van der Waals surface area contributed by atoms with Gasteiger partial charge in [-0.2, -0.15) is 9.78 Å². The van der Waals surface area contributed by atoms with Crippen LogP contribution in [0.3, 0.4) is 0 Å². The molecular weight excluding hydrogens is 403 g/mol. The van der Waals surface area contributed by atoms with Crippen molar-refractivity contribution in [3.05, 3.63) is 75.0 Å². The lowest BCUT2D eigenvalue weighted by Crippen LogP contribution is -2.22. The molecule has 0 aliphatic carbocycles. The number of aromatic nitrogens is 2. The van der Waals surface area contributed by atoms with Crippen molar-refractivity contribution in [3.63, 3.8) is 0 Å². The van der Waals surface area contributed by atoms with Crippen LogP contribution in [0.4, 0.5) is 0 Å². The maximum Gasteiger partial charge on any atom is 0.271 e. The Morgan fingerprint density at radius 3 is 2.67 bits per heavy atom. The van der Waals surface area contributed by atoms with Crippen molar-refractivity contribution in [2.24, 2.45) is 0 Å². The lowest BCUT2D eigenvalue weighted by atomic mass is 10.0. The summed E-state index contributed by atoms with van der Waals surface area (Å²) >= 11 is 13.4.